The number of anilines is 1. The van der Waals surface area contributed by atoms with Crippen molar-refractivity contribution in [2.75, 3.05) is 31.6 Å². The average Bonchev–Trinajstić information content (AvgIpc) is 3.44. The van der Waals surface area contributed by atoms with Crippen LogP contribution in [0.1, 0.15) is 30.9 Å². The van der Waals surface area contributed by atoms with Crippen molar-refractivity contribution in [2.24, 2.45) is 4.99 Å². The summed E-state index contributed by atoms with van der Waals surface area (Å²) in [5.74, 6) is 0.911. The molecule has 1 saturated heterocycles. The Labute approximate surface area is 177 Å². The number of hydrogen-bond donors (Lipinski definition) is 3. The third-order valence-electron chi connectivity index (χ3n) is 5.83. The first kappa shape index (κ1) is 19.8. The van der Waals surface area contributed by atoms with Gasteiger partial charge in [-0.05, 0) is 54.3 Å². The zero-order valence-corrected chi connectivity index (χ0v) is 18.2. The Morgan fingerprint density at radius 1 is 1.21 bits per heavy atom. The van der Waals surface area contributed by atoms with Crippen LogP contribution in [0.25, 0.3) is 10.9 Å². The van der Waals surface area contributed by atoms with Gasteiger partial charge >= 0.3 is 0 Å². The van der Waals surface area contributed by atoms with Gasteiger partial charge in [0.05, 0.1) is 5.00 Å². The molecular weight excluding hydrogens is 378 g/mol. The molecule has 0 spiro atoms. The molecule has 1 aliphatic heterocycles. The predicted octanol–water partition coefficient (Wildman–Crippen LogP) is 4.17. The third kappa shape index (κ3) is 4.58. The molecule has 0 unspecified atom stereocenters. The Balaban J connectivity index is 1.26. The second-order valence-electron chi connectivity index (χ2n) is 7.61. The molecule has 3 N–H and O–H groups in total. The van der Waals surface area contributed by atoms with Crippen molar-refractivity contribution >= 4 is 33.2 Å². The number of guanidine groups is 1. The van der Waals surface area contributed by atoms with Crippen molar-refractivity contribution in [3.63, 3.8) is 0 Å². The maximum Gasteiger partial charge on any atom is 0.191 e. The lowest BCUT2D eigenvalue weighted by Gasteiger charge is -2.33. The number of fused-ring (bicyclic) bond motifs is 1. The van der Waals surface area contributed by atoms with E-state index in [4.69, 9.17) is 0 Å². The molecule has 5 nitrogen and oxygen atoms in total. The van der Waals surface area contributed by atoms with E-state index in [-0.39, 0.29) is 0 Å². The van der Waals surface area contributed by atoms with E-state index in [1.807, 2.05) is 18.4 Å². The summed E-state index contributed by atoms with van der Waals surface area (Å²) in [6.45, 7) is 5.28. The predicted molar refractivity (Wildman–Crippen MR) is 125 cm³/mol. The summed E-state index contributed by atoms with van der Waals surface area (Å²) >= 11 is 1.83. The van der Waals surface area contributed by atoms with Crippen molar-refractivity contribution in [1.82, 2.24) is 15.6 Å². The van der Waals surface area contributed by atoms with E-state index < -0.39 is 0 Å². The first-order valence-corrected chi connectivity index (χ1v) is 11.5. The van der Waals surface area contributed by atoms with Crippen LogP contribution in [0.2, 0.25) is 0 Å². The minimum Gasteiger partial charge on any atom is -0.363 e. The summed E-state index contributed by atoms with van der Waals surface area (Å²) < 4.78 is 0. The van der Waals surface area contributed by atoms with Crippen LogP contribution in [0, 0.1) is 0 Å². The Morgan fingerprint density at radius 2 is 2.07 bits per heavy atom. The number of nitrogens with one attached hydrogen (secondary N) is 3. The lowest BCUT2D eigenvalue weighted by molar-refractivity contribution is 0.463. The molecule has 3 aromatic rings. The monoisotopic (exact) mass is 409 g/mol. The number of para-hydroxylation sites is 1. The fourth-order valence-electron chi connectivity index (χ4n) is 4.17. The Bertz CT molecular complexity index is 935. The van der Waals surface area contributed by atoms with Crippen molar-refractivity contribution in [2.45, 2.75) is 38.6 Å². The second-order valence-corrected chi connectivity index (χ2v) is 8.54. The van der Waals surface area contributed by atoms with Gasteiger partial charge in [-0.2, -0.15) is 0 Å². The van der Waals surface area contributed by atoms with E-state index in [2.05, 4.69) is 74.3 Å². The summed E-state index contributed by atoms with van der Waals surface area (Å²) in [6, 6.07) is 11.4. The van der Waals surface area contributed by atoms with Crippen LogP contribution in [0.15, 0.2) is 46.9 Å². The van der Waals surface area contributed by atoms with Gasteiger partial charge in [-0.1, -0.05) is 25.1 Å². The smallest absolute Gasteiger partial charge is 0.191 e. The molecule has 6 heteroatoms. The highest BCUT2D eigenvalue weighted by Crippen LogP contribution is 2.25. The molecule has 2 aromatic heterocycles. The van der Waals surface area contributed by atoms with E-state index in [1.54, 1.807) is 0 Å². The third-order valence-corrected chi connectivity index (χ3v) is 6.76. The van der Waals surface area contributed by atoms with E-state index in [0.717, 1.165) is 51.3 Å². The molecule has 0 radical (unpaired) electrons. The molecule has 3 heterocycles. The molecule has 1 fully saturated rings. The van der Waals surface area contributed by atoms with E-state index in [1.165, 1.54) is 27.0 Å². The SMILES string of the molecule is CCc1cccc2c(CCNC(=NC)NC3CCN(c4cccs4)CC3)c[nH]c12. The summed E-state index contributed by atoms with van der Waals surface area (Å²) in [5.41, 5.74) is 4.03. The summed E-state index contributed by atoms with van der Waals surface area (Å²) in [7, 11) is 1.86. The quantitative estimate of drug-likeness (QED) is 0.423. The first-order valence-electron chi connectivity index (χ1n) is 10.6. The number of nitrogens with zero attached hydrogens (tertiary/aromatic N) is 2. The van der Waals surface area contributed by atoms with Crippen LogP contribution in [-0.2, 0) is 12.8 Å². The summed E-state index contributed by atoms with van der Waals surface area (Å²) in [4.78, 5) is 10.4. The zero-order valence-electron chi connectivity index (χ0n) is 17.4. The standard InChI is InChI=1S/C23H31N5S/c1-3-17-6-4-7-20-18(16-26-22(17)20)9-12-25-23(24-2)27-19-10-13-28(14-11-19)21-8-5-15-29-21/h4-8,15-16,19,26H,3,9-14H2,1-2H3,(H2,24,25,27). The Kier molecular flexibility index (Phi) is 6.39. The van der Waals surface area contributed by atoms with Crippen molar-refractivity contribution in [3.05, 3.63) is 53.0 Å². The number of aromatic nitrogens is 1. The van der Waals surface area contributed by atoms with Crippen LogP contribution in [0.4, 0.5) is 5.00 Å². The molecule has 29 heavy (non-hydrogen) atoms. The van der Waals surface area contributed by atoms with Gasteiger partial charge in [-0.25, -0.2) is 0 Å². The van der Waals surface area contributed by atoms with Crippen LogP contribution in [0.5, 0.6) is 0 Å². The first-order chi connectivity index (χ1) is 14.3. The van der Waals surface area contributed by atoms with Crippen LogP contribution >= 0.6 is 11.3 Å². The van der Waals surface area contributed by atoms with Crippen LogP contribution in [-0.4, -0.2) is 43.7 Å². The number of aryl methyl sites for hydroxylation is 1. The second kappa shape index (κ2) is 9.35. The fraction of sp³-hybridized carbons (Fsp3) is 0.435. The molecule has 0 saturated carbocycles. The largest absolute Gasteiger partial charge is 0.363 e. The molecule has 4 rings (SSSR count). The molecular formula is C23H31N5S. The van der Waals surface area contributed by atoms with E-state index in [9.17, 15) is 0 Å². The van der Waals surface area contributed by atoms with E-state index in [0.29, 0.717) is 6.04 Å². The average molecular weight is 410 g/mol. The highest BCUT2D eigenvalue weighted by Gasteiger charge is 2.20. The molecule has 154 valence electrons. The van der Waals surface area contributed by atoms with Gasteiger partial charge in [0.1, 0.15) is 0 Å². The topological polar surface area (TPSA) is 55.5 Å². The number of aromatic amines is 1. The number of thiophene rings is 1. The van der Waals surface area contributed by atoms with Gasteiger partial charge in [-0.3, -0.25) is 4.99 Å². The van der Waals surface area contributed by atoms with Gasteiger partial charge < -0.3 is 20.5 Å². The highest BCUT2D eigenvalue weighted by atomic mass is 32.1. The van der Waals surface area contributed by atoms with Gasteiger partial charge in [-0.15, -0.1) is 11.3 Å². The van der Waals surface area contributed by atoms with Gasteiger partial charge in [0.15, 0.2) is 5.96 Å². The minimum absolute atomic E-state index is 0.484. The van der Waals surface area contributed by atoms with Crippen LogP contribution < -0.4 is 15.5 Å². The van der Waals surface area contributed by atoms with Gasteiger partial charge in [0.2, 0.25) is 0 Å². The van der Waals surface area contributed by atoms with Gasteiger partial charge in [0.25, 0.3) is 0 Å². The number of rotatable bonds is 6. The zero-order chi connectivity index (χ0) is 20.1. The number of piperidine rings is 1. The molecule has 0 atom stereocenters. The number of H-pyrrole nitrogens is 1. The molecule has 0 bridgehead atoms. The van der Waals surface area contributed by atoms with Crippen molar-refractivity contribution < 1.29 is 0 Å². The number of aliphatic imine (C=N–C) groups is 1. The van der Waals surface area contributed by atoms with Crippen molar-refractivity contribution in [1.29, 1.82) is 0 Å². The van der Waals surface area contributed by atoms with E-state index >= 15 is 0 Å². The molecule has 0 amide bonds. The summed E-state index contributed by atoms with van der Waals surface area (Å²) in [6.07, 6.45) is 6.46. The number of benzene rings is 1. The van der Waals surface area contributed by atoms with Gasteiger partial charge in [0, 0.05) is 49.8 Å². The molecule has 0 aliphatic carbocycles. The fourth-order valence-corrected chi connectivity index (χ4v) is 4.96. The molecule has 1 aliphatic rings. The Morgan fingerprint density at radius 3 is 2.79 bits per heavy atom. The lowest BCUT2D eigenvalue weighted by Crippen LogP contribution is -2.49. The maximum atomic E-state index is 4.43. The minimum atomic E-state index is 0.484. The number of hydrogen-bond acceptors (Lipinski definition) is 3. The highest BCUT2D eigenvalue weighted by molar-refractivity contribution is 7.14. The van der Waals surface area contributed by atoms with Crippen molar-refractivity contribution in [3.8, 4) is 0 Å². The lowest BCUT2D eigenvalue weighted by atomic mass is 10.1. The summed E-state index contributed by atoms with van der Waals surface area (Å²) in [5, 5.41) is 12.0. The normalized spacial score (nSPS) is 15.8. The molecule has 1 aromatic carbocycles. The Hall–Kier alpha value is -2.47. The maximum absolute atomic E-state index is 4.43. The van der Waals surface area contributed by atoms with Crippen LogP contribution in [0.3, 0.4) is 0 Å².